The molecule has 0 aliphatic rings. The van der Waals surface area contributed by atoms with Crippen molar-refractivity contribution >= 4 is 42.6 Å². The average Bonchev–Trinajstić information content (AvgIpc) is 3.26. The molecule has 34 heavy (non-hydrogen) atoms. The Kier molecular flexibility index (Phi) is 6.79. The van der Waals surface area contributed by atoms with Crippen molar-refractivity contribution in [2.45, 2.75) is 31.2 Å². The molecule has 0 saturated carbocycles. The van der Waals surface area contributed by atoms with Crippen LogP contribution in [0.4, 0.5) is 5.13 Å². The van der Waals surface area contributed by atoms with Crippen LogP contribution in [-0.4, -0.2) is 42.7 Å². The van der Waals surface area contributed by atoms with Gasteiger partial charge < -0.3 is 0 Å². The van der Waals surface area contributed by atoms with Gasteiger partial charge >= 0.3 is 0 Å². The van der Waals surface area contributed by atoms with Crippen molar-refractivity contribution in [3.8, 4) is 0 Å². The molecule has 4 aromatic rings. The molecule has 7 nitrogen and oxygen atoms in total. The summed E-state index contributed by atoms with van der Waals surface area (Å²) in [4.78, 5) is 24.4. The van der Waals surface area contributed by atoms with Crippen LogP contribution in [0.25, 0.3) is 10.2 Å². The predicted octanol–water partition coefficient (Wildman–Crippen LogP) is 4.91. The summed E-state index contributed by atoms with van der Waals surface area (Å²) in [6.07, 6.45) is 3.41. The minimum absolute atomic E-state index is 0.134. The van der Waals surface area contributed by atoms with Gasteiger partial charge in [-0.05, 0) is 53.4 Å². The van der Waals surface area contributed by atoms with Crippen LogP contribution in [0.1, 0.15) is 41.3 Å². The van der Waals surface area contributed by atoms with Gasteiger partial charge in [0.15, 0.2) is 5.13 Å². The van der Waals surface area contributed by atoms with Crippen molar-refractivity contribution in [1.82, 2.24) is 14.3 Å². The van der Waals surface area contributed by atoms with Gasteiger partial charge in [0.25, 0.3) is 5.91 Å². The van der Waals surface area contributed by atoms with E-state index in [9.17, 15) is 13.2 Å². The van der Waals surface area contributed by atoms with Crippen molar-refractivity contribution in [3.05, 3.63) is 83.7 Å². The number of pyridine rings is 1. The summed E-state index contributed by atoms with van der Waals surface area (Å²) in [6.45, 7) is 4.53. The van der Waals surface area contributed by atoms with Crippen LogP contribution < -0.4 is 4.90 Å². The Bertz CT molecular complexity index is 1410. The Hall–Kier alpha value is -3.14. The first-order valence-electron chi connectivity index (χ1n) is 10.8. The van der Waals surface area contributed by atoms with Gasteiger partial charge in [0.2, 0.25) is 10.0 Å². The van der Waals surface area contributed by atoms with E-state index in [1.165, 1.54) is 37.6 Å². The summed E-state index contributed by atoms with van der Waals surface area (Å²) in [5, 5.41) is 0.585. The third kappa shape index (κ3) is 4.72. The van der Waals surface area contributed by atoms with Gasteiger partial charge in [0.05, 0.1) is 21.7 Å². The van der Waals surface area contributed by atoms with Crippen LogP contribution in [0.5, 0.6) is 0 Å². The van der Waals surface area contributed by atoms with Gasteiger partial charge in [-0.25, -0.2) is 17.7 Å². The standard InChI is InChI=1S/C25H26N4O3S2/c1-17(2)21-8-5-9-22-23(21)27-25(33-22)29(16-18-7-6-14-26-15-18)24(30)19-10-12-20(13-11-19)34(31,32)28(3)4/h5-15,17H,16H2,1-4H3. The van der Waals surface area contributed by atoms with Crippen LogP contribution in [-0.2, 0) is 16.6 Å². The number of carbonyl (C=O) groups is 1. The minimum atomic E-state index is -3.58. The number of fused-ring (bicyclic) bond motifs is 1. The highest BCUT2D eigenvalue weighted by Crippen LogP contribution is 2.34. The van der Waals surface area contributed by atoms with Crippen molar-refractivity contribution in [2.75, 3.05) is 19.0 Å². The maximum Gasteiger partial charge on any atom is 0.260 e. The summed E-state index contributed by atoms with van der Waals surface area (Å²) in [7, 11) is -0.631. The van der Waals surface area contributed by atoms with E-state index >= 15 is 0 Å². The average molecular weight is 495 g/mol. The zero-order valence-corrected chi connectivity index (χ0v) is 21.1. The van der Waals surface area contributed by atoms with E-state index in [-0.39, 0.29) is 10.8 Å². The number of carbonyl (C=O) groups excluding carboxylic acids is 1. The molecule has 0 saturated heterocycles. The SMILES string of the molecule is CC(C)c1cccc2sc(N(Cc3cccnc3)C(=O)c3ccc(S(=O)(=O)N(C)C)cc3)nc12. The topological polar surface area (TPSA) is 83.5 Å². The molecular weight excluding hydrogens is 468 g/mol. The fourth-order valence-electron chi connectivity index (χ4n) is 3.58. The number of para-hydroxylation sites is 1. The van der Waals surface area contributed by atoms with Crippen molar-refractivity contribution in [1.29, 1.82) is 0 Å². The number of rotatable bonds is 7. The zero-order valence-electron chi connectivity index (χ0n) is 19.5. The molecule has 9 heteroatoms. The Balaban J connectivity index is 1.76. The van der Waals surface area contributed by atoms with Crippen LogP contribution in [0.2, 0.25) is 0 Å². The summed E-state index contributed by atoms with van der Waals surface area (Å²) in [6, 6.07) is 15.8. The van der Waals surface area contributed by atoms with E-state index in [1.807, 2.05) is 24.3 Å². The number of aromatic nitrogens is 2. The maximum atomic E-state index is 13.7. The summed E-state index contributed by atoms with van der Waals surface area (Å²) >= 11 is 1.46. The molecule has 4 rings (SSSR count). The Morgan fingerprint density at radius 3 is 2.38 bits per heavy atom. The summed E-state index contributed by atoms with van der Waals surface area (Å²) in [5.41, 5.74) is 3.27. The second-order valence-corrected chi connectivity index (χ2v) is 11.6. The first-order valence-corrected chi connectivity index (χ1v) is 13.1. The quantitative estimate of drug-likeness (QED) is 0.364. The molecule has 0 N–H and O–H groups in total. The van der Waals surface area contributed by atoms with Gasteiger partial charge in [-0.2, -0.15) is 0 Å². The van der Waals surface area contributed by atoms with Gasteiger partial charge in [-0.15, -0.1) is 0 Å². The molecule has 0 bridgehead atoms. The third-order valence-corrected chi connectivity index (χ3v) is 8.35. The van der Waals surface area contributed by atoms with E-state index in [2.05, 4.69) is 24.9 Å². The second-order valence-electron chi connectivity index (χ2n) is 8.41. The summed E-state index contributed by atoms with van der Waals surface area (Å²) < 4.78 is 27.0. The lowest BCUT2D eigenvalue weighted by Gasteiger charge is -2.20. The van der Waals surface area contributed by atoms with E-state index in [0.29, 0.717) is 23.2 Å². The molecular formula is C25H26N4O3S2. The predicted molar refractivity (Wildman–Crippen MR) is 136 cm³/mol. The second kappa shape index (κ2) is 9.61. The van der Waals surface area contributed by atoms with E-state index < -0.39 is 10.0 Å². The van der Waals surface area contributed by atoms with Crippen molar-refractivity contribution < 1.29 is 13.2 Å². The summed E-state index contributed by atoms with van der Waals surface area (Å²) in [5.74, 6) is 0.0372. The zero-order chi connectivity index (χ0) is 24.5. The number of amides is 1. The van der Waals surface area contributed by atoms with Gasteiger partial charge in [0.1, 0.15) is 0 Å². The lowest BCUT2D eigenvalue weighted by atomic mass is 10.0. The van der Waals surface area contributed by atoms with E-state index in [1.54, 1.807) is 29.4 Å². The lowest BCUT2D eigenvalue weighted by Crippen LogP contribution is -2.30. The Labute approximate surface area is 203 Å². The smallest absolute Gasteiger partial charge is 0.260 e. The molecule has 0 aliphatic heterocycles. The minimum Gasteiger partial charge on any atom is -0.279 e. The fraction of sp³-hybridized carbons (Fsp3) is 0.240. The largest absolute Gasteiger partial charge is 0.279 e. The van der Waals surface area contributed by atoms with Crippen molar-refractivity contribution in [2.24, 2.45) is 0 Å². The van der Waals surface area contributed by atoms with Crippen LogP contribution in [0.3, 0.4) is 0 Å². The van der Waals surface area contributed by atoms with E-state index in [4.69, 9.17) is 4.98 Å². The first-order chi connectivity index (χ1) is 16.2. The normalized spacial score (nSPS) is 11.9. The van der Waals surface area contributed by atoms with Crippen molar-refractivity contribution in [3.63, 3.8) is 0 Å². The number of sulfonamides is 1. The monoisotopic (exact) mass is 494 g/mol. The molecule has 1 amide bonds. The van der Waals surface area contributed by atoms with Gasteiger partial charge in [0, 0.05) is 32.1 Å². The molecule has 0 unspecified atom stereocenters. The highest BCUT2D eigenvalue weighted by atomic mass is 32.2. The third-order valence-electron chi connectivity index (χ3n) is 5.48. The van der Waals surface area contributed by atoms with Crippen LogP contribution >= 0.6 is 11.3 Å². The molecule has 0 radical (unpaired) electrons. The molecule has 176 valence electrons. The van der Waals surface area contributed by atoms with Crippen LogP contribution in [0, 0.1) is 0 Å². The number of hydrogen-bond acceptors (Lipinski definition) is 6. The lowest BCUT2D eigenvalue weighted by molar-refractivity contribution is 0.0985. The number of nitrogens with zero attached hydrogens (tertiary/aromatic N) is 4. The Morgan fingerprint density at radius 2 is 1.76 bits per heavy atom. The Morgan fingerprint density at radius 1 is 1.03 bits per heavy atom. The number of anilines is 1. The number of thiazole rings is 1. The molecule has 2 aromatic carbocycles. The number of hydrogen-bond donors (Lipinski definition) is 0. The molecule has 0 spiro atoms. The molecule has 0 aliphatic carbocycles. The fourth-order valence-corrected chi connectivity index (χ4v) is 5.48. The highest BCUT2D eigenvalue weighted by molar-refractivity contribution is 7.89. The van der Waals surface area contributed by atoms with Gasteiger partial charge in [-0.3, -0.25) is 14.7 Å². The molecule has 2 aromatic heterocycles. The maximum absolute atomic E-state index is 13.7. The highest BCUT2D eigenvalue weighted by Gasteiger charge is 2.24. The van der Waals surface area contributed by atoms with Crippen LogP contribution in [0.15, 0.2) is 71.9 Å². The van der Waals surface area contributed by atoms with Gasteiger partial charge in [-0.1, -0.05) is 43.4 Å². The molecule has 2 heterocycles. The van der Waals surface area contributed by atoms with E-state index in [0.717, 1.165) is 25.6 Å². The number of benzene rings is 2. The first kappa shape index (κ1) is 24.0. The molecule has 0 atom stereocenters. The molecule has 0 fully saturated rings.